The molecule has 1 saturated heterocycles. The first-order chi connectivity index (χ1) is 18.4. The highest BCUT2D eigenvalue weighted by molar-refractivity contribution is 8.27. The van der Waals surface area contributed by atoms with Crippen molar-refractivity contribution in [1.82, 2.24) is 4.57 Å². The van der Waals surface area contributed by atoms with Crippen molar-refractivity contribution in [2.24, 2.45) is 0 Å². The van der Waals surface area contributed by atoms with Crippen LogP contribution < -0.4 is 19.7 Å². The molecule has 0 aliphatic carbocycles. The number of carbonyl (C=O) groups excluding carboxylic acids is 2. The SMILES string of the molecule is O=C(Cn1cc(/C=C2/SC(=S)N(c3ccc(Cl)cc3Cl)C2=O)c2ccccc21)Nc1ccc2c(c1)OCO2. The molecule has 0 atom stereocenters. The second-order valence-corrected chi connectivity index (χ2v) is 11.0. The molecule has 2 amide bonds. The van der Waals surface area contributed by atoms with E-state index in [1.807, 2.05) is 35.0 Å². The van der Waals surface area contributed by atoms with Gasteiger partial charge in [0, 0.05) is 39.4 Å². The summed E-state index contributed by atoms with van der Waals surface area (Å²) in [5, 5.41) is 4.60. The highest BCUT2D eigenvalue weighted by atomic mass is 35.5. The summed E-state index contributed by atoms with van der Waals surface area (Å²) >= 11 is 19.0. The Morgan fingerprint density at radius 2 is 1.89 bits per heavy atom. The zero-order valence-electron chi connectivity index (χ0n) is 19.4. The lowest BCUT2D eigenvalue weighted by molar-refractivity contribution is -0.116. The van der Waals surface area contributed by atoms with Crippen molar-refractivity contribution in [1.29, 1.82) is 0 Å². The molecule has 0 bridgehead atoms. The van der Waals surface area contributed by atoms with Crippen LogP contribution in [-0.2, 0) is 16.1 Å². The van der Waals surface area contributed by atoms with Crippen molar-refractivity contribution in [2.45, 2.75) is 6.54 Å². The minimum atomic E-state index is -0.276. The number of fused-ring (bicyclic) bond motifs is 2. The lowest BCUT2D eigenvalue weighted by Crippen LogP contribution is -2.27. The monoisotopic (exact) mass is 581 g/mol. The van der Waals surface area contributed by atoms with Gasteiger partial charge in [0.25, 0.3) is 5.91 Å². The summed E-state index contributed by atoms with van der Waals surface area (Å²) in [4.78, 5) is 28.1. The third-order valence-corrected chi connectivity index (χ3v) is 7.86. The van der Waals surface area contributed by atoms with E-state index in [-0.39, 0.29) is 25.2 Å². The minimum Gasteiger partial charge on any atom is -0.454 e. The second-order valence-electron chi connectivity index (χ2n) is 8.46. The van der Waals surface area contributed by atoms with Crippen LogP contribution in [0.25, 0.3) is 17.0 Å². The molecule has 0 radical (unpaired) electrons. The van der Waals surface area contributed by atoms with E-state index in [1.54, 1.807) is 42.5 Å². The number of ether oxygens (including phenoxy) is 2. The van der Waals surface area contributed by atoms with E-state index < -0.39 is 0 Å². The zero-order valence-corrected chi connectivity index (χ0v) is 22.6. The number of hydrogen-bond acceptors (Lipinski definition) is 6. The Hall–Kier alpha value is -3.50. The molecular formula is C27H17Cl2N3O4S2. The number of anilines is 2. The summed E-state index contributed by atoms with van der Waals surface area (Å²) in [7, 11) is 0. The number of amides is 2. The largest absolute Gasteiger partial charge is 0.454 e. The third kappa shape index (κ3) is 4.63. The van der Waals surface area contributed by atoms with Gasteiger partial charge >= 0.3 is 0 Å². The molecule has 3 aromatic carbocycles. The van der Waals surface area contributed by atoms with Crippen molar-refractivity contribution in [3.8, 4) is 11.5 Å². The molecule has 0 saturated carbocycles. The fourth-order valence-corrected chi connectivity index (χ4v) is 6.10. The van der Waals surface area contributed by atoms with E-state index in [0.717, 1.165) is 16.5 Å². The number of hydrogen-bond donors (Lipinski definition) is 1. The van der Waals surface area contributed by atoms with Crippen LogP contribution in [0.2, 0.25) is 10.0 Å². The molecule has 11 heteroatoms. The average molecular weight is 582 g/mol. The van der Waals surface area contributed by atoms with Crippen LogP contribution in [0.3, 0.4) is 0 Å². The first-order valence-corrected chi connectivity index (χ1v) is 13.4. The van der Waals surface area contributed by atoms with Gasteiger partial charge in [-0.25, -0.2) is 0 Å². The van der Waals surface area contributed by atoms with Gasteiger partial charge in [0.15, 0.2) is 15.8 Å². The zero-order chi connectivity index (χ0) is 26.4. The maximum Gasteiger partial charge on any atom is 0.270 e. The average Bonchev–Trinajstić information content (AvgIpc) is 3.56. The lowest BCUT2D eigenvalue weighted by Gasteiger charge is -2.16. The number of nitrogens with zero attached hydrogens (tertiary/aromatic N) is 2. The predicted molar refractivity (Wildman–Crippen MR) is 155 cm³/mol. The van der Waals surface area contributed by atoms with Gasteiger partial charge in [-0.3, -0.25) is 14.5 Å². The molecule has 7 nitrogen and oxygen atoms in total. The number of benzene rings is 3. The summed E-state index contributed by atoms with van der Waals surface area (Å²) in [5.74, 6) is 0.753. The number of thioether (sulfide) groups is 1. The van der Waals surface area contributed by atoms with Gasteiger partial charge in [0.1, 0.15) is 6.54 Å². The molecule has 1 N–H and O–H groups in total. The van der Waals surface area contributed by atoms with Gasteiger partial charge in [0.2, 0.25) is 12.7 Å². The molecular weight excluding hydrogens is 565 g/mol. The molecule has 190 valence electrons. The summed E-state index contributed by atoms with van der Waals surface area (Å²) in [6.07, 6.45) is 3.64. The number of thiocarbonyl (C=S) groups is 1. The van der Waals surface area contributed by atoms with Gasteiger partial charge in [0.05, 0.1) is 15.6 Å². The number of aromatic nitrogens is 1. The van der Waals surface area contributed by atoms with E-state index in [0.29, 0.717) is 42.1 Å². The van der Waals surface area contributed by atoms with Crippen LogP contribution in [0, 0.1) is 0 Å². The lowest BCUT2D eigenvalue weighted by atomic mass is 10.1. The standard InChI is InChI=1S/C27H17Cl2N3O4S2/c28-16-5-7-21(19(29)10-16)32-26(34)24(38-27(32)37)9-15-12-31(20-4-2-1-3-18(15)20)13-25(33)30-17-6-8-22-23(11-17)36-14-35-22/h1-12H,13-14H2,(H,30,33)/b24-9+. The number of para-hydroxylation sites is 1. The summed E-state index contributed by atoms with van der Waals surface area (Å²) in [6, 6.07) is 17.8. The molecule has 0 spiro atoms. The summed E-state index contributed by atoms with van der Waals surface area (Å²) in [5.41, 5.74) is 2.74. The first kappa shape index (κ1) is 24.8. The Morgan fingerprint density at radius 3 is 2.74 bits per heavy atom. The van der Waals surface area contributed by atoms with E-state index >= 15 is 0 Å². The van der Waals surface area contributed by atoms with Gasteiger partial charge < -0.3 is 19.4 Å². The summed E-state index contributed by atoms with van der Waals surface area (Å²) < 4.78 is 12.9. The third-order valence-electron chi connectivity index (χ3n) is 6.02. The molecule has 2 aliphatic rings. The Kier molecular flexibility index (Phi) is 6.53. The molecule has 1 fully saturated rings. The molecule has 2 aliphatic heterocycles. The Morgan fingerprint density at radius 1 is 1.08 bits per heavy atom. The maximum absolute atomic E-state index is 13.3. The number of halogens is 2. The molecule has 3 heterocycles. The predicted octanol–water partition coefficient (Wildman–Crippen LogP) is 6.72. The van der Waals surface area contributed by atoms with Gasteiger partial charge in [-0.15, -0.1) is 0 Å². The van der Waals surface area contributed by atoms with Crippen molar-refractivity contribution >= 4 is 91.7 Å². The number of rotatable bonds is 5. The molecule has 38 heavy (non-hydrogen) atoms. The smallest absolute Gasteiger partial charge is 0.270 e. The van der Waals surface area contributed by atoms with E-state index in [4.69, 9.17) is 44.9 Å². The van der Waals surface area contributed by atoms with Crippen LogP contribution in [0.5, 0.6) is 11.5 Å². The van der Waals surface area contributed by atoms with Crippen molar-refractivity contribution in [2.75, 3.05) is 17.0 Å². The second kappa shape index (κ2) is 9.99. The van der Waals surface area contributed by atoms with Gasteiger partial charge in [-0.05, 0) is 42.5 Å². The molecule has 6 rings (SSSR count). The Bertz CT molecular complexity index is 1680. The van der Waals surface area contributed by atoms with Crippen molar-refractivity contribution in [3.05, 3.63) is 87.4 Å². The highest BCUT2D eigenvalue weighted by Crippen LogP contribution is 2.40. The summed E-state index contributed by atoms with van der Waals surface area (Å²) in [6.45, 7) is 0.237. The molecule has 0 unspecified atom stereocenters. The Balaban J connectivity index is 1.27. The van der Waals surface area contributed by atoms with Crippen molar-refractivity contribution < 1.29 is 19.1 Å². The molecule has 4 aromatic rings. The normalized spacial score (nSPS) is 15.6. The van der Waals surface area contributed by atoms with Gasteiger partial charge in [-0.1, -0.05) is 65.4 Å². The minimum absolute atomic E-state index is 0.0735. The Labute approximate surface area is 236 Å². The van der Waals surface area contributed by atoms with Crippen molar-refractivity contribution in [3.63, 3.8) is 0 Å². The molecule has 1 aromatic heterocycles. The number of nitrogens with one attached hydrogen (secondary N) is 1. The highest BCUT2D eigenvalue weighted by Gasteiger charge is 2.34. The maximum atomic E-state index is 13.3. The van der Waals surface area contributed by atoms with E-state index in [1.165, 1.54) is 16.7 Å². The topological polar surface area (TPSA) is 72.8 Å². The number of carbonyl (C=O) groups is 2. The van der Waals surface area contributed by atoms with Crippen LogP contribution >= 0.6 is 47.2 Å². The van der Waals surface area contributed by atoms with E-state index in [9.17, 15) is 9.59 Å². The van der Waals surface area contributed by atoms with Crippen LogP contribution in [-0.4, -0.2) is 27.5 Å². The van der Waals surface area contributed by atoms with Crippen LogP contribution in [0.4, 0.5) is 11.4 Å². The van der Waals surface area contributed by atoms with Gasteiger partial charge in [-0.2, -0.15) is 0 Å². The van der Waals surface area contributed by atoms with E-state index in [2.05, 4.69) is 5.32 Å². The fraction of sp³-hybridized carbons (Fsp3) is 0.0741. The first-order valence-electron chi connectivity index (χ1n) is 11.4. The quantitative estimate of drug-likeness (QED) is 0.208. The van der Waals surface area contributed by atoms with Crippen LogP contribution in [0.15, 0.2) is 71.8 Å². The van der Waals surface area contributed by atoms with Crippen LogP contribution in [0.1, 0.15) is 5.56 Å². The fourth-order valence-electron chi connectivity index (χ4n) is 4.33.